The molecule has 66 valence electrons. The predicted molar refractivity (Wildman–Crippen MR) is 52.5 cm³/mol. The van der Waals surface area contributed by atoms with E-state index in [1.54, 1.807) is 22.6 Å². The molecule has 6 heteroatoms. The molecule has 0 radical (unpaired) electrons. The van der Waals surface area contributed by atoms with Gasteiger partial charge >= 0.3 is 10.2 Å². The van der Waals surface area contributed by atoms with E-state index >= 15 is 0 Å². The Labute approximate surface area is 88.1 Å². The largest absolute Gasteiger partial charge is 0.333 e. The summed E-state index contributed by atoms with van der Waals surface area (Å²) in [6.45, 7) is 0. The number of benzene rings is 1. The third-order valence-electron chi connectivity index (χ3n) is 1.16. The highest BCUT2D eigenvalue weighted by atomic mass is 127. The lowest BCUT2D eigenvalue weighted by Gasteiger charge is -1.98. The van der Waals surface area contributed by atoms with Gasteiger partial charge in [0.25, 0.3) is 0 Å². The Morgan fingerprint density at radius 2 is 2.00 bits per heavy atom. The summed E-state index contributed by atoms with van der Waals surface area (Å²) >= 11 is 7.21. The Hall–Kier alpha value is 0.120. The topological polar surface area (TPSA) is 34.1 Å². The van der Waals surface area contributed by atoms with Crippen molar-refractivity contribution in [2.24, 2.45) is 0 Å². The van der Waals surface area contributed by atoms with Gasteiger partial charge in [0.1, 0.15) is 4.90 Å². The van der Waals surface area contributed by atoms with Crippen LogP contribution in [0.2, 0.25) is 5.02 Å². The van der Waals surface area contributed by atoms with Crippen LogP contribution in [0.15, 0.2) is 23.1 Å². The average Bonchev–Trinajstić information content (AvgIpc) is 1.92. The van der Waals surface area contributed by atoms with Crippen LogP contribution in [0.1, 0.15) is 0 Å². The highest BCUT2D eigenvalue weighted by Gasteiger charge is 2.15. The summed E-state index contributed by atoms with van der Waals surface area (Å²) in [5.74, 6) is 0. The molecule has 0 aliphatic rings. The van der Waals surface area contributed by atoms with Crippen LogP contribution in [0.5, 0.6) is 0 Å². The maximum absolute atomic E-state index is 12.5. The quantitative estimate of drug-likeness (QED) is 0.589. The molecule has 1 aromatic carbocycles. The van der Waals surface area contributed by atoms with Gasteiger partial charge in [0.15, 0.2) is 0 Å². The zero-order chi connectivity index (χ0) is 9.35. The molecule has 0 N–H and O–H groups in total. The van der Waals surface area contributed by atoms with Gasteiger partial charge < -0.3 is 0 Å². The maximum atomic E-state index is 12.5. The summed E-state index contributed by atoms with van der Waals surface area (Å²) < 4.78 is 33.7. The van der Waals surface area contributed by atoms with E-state index in [4.69, 9.17) is 11.6 Å². The van der Waals surface area contributed by atoms with E-state index in [1.807, 2.05) is 0 Å². The van der Waals surface area contributed by atoms with Crippen LogP contribution >= 0.6 is 34.2 Å². The van der Waals surface area contributed by atoms with Gasteiger partial charge in [-0.3, -0.25) is 0 Å². The summed E-state index contributed by atoms with van der Waals surface area (Å²) in [5.41, 5.74) is 0. The van der Waals surface area contributed by atoms with E-state index in [0.717, 1.165) is 6.07 Å². The molecule has 0 aliphatic heterocycles. The molecule has 0 saturated heterocycles. The van der Waals surface area contributed by atoms with Crippen LogP contribution in [0.4, 0.5) is 3.89 Å². The lowest BCUT2D eigenvalue weighted by atomic mass is 10.4. The first-order valence-corrected chi connectivity index (χ1v) is 5.65. The summed E-state index contributed by atoms with van der Waals surface area (Å²) in [5, 5.41) is 0.201. The minimum absolute atomic E-state index is 0.201. The van der Waals surface area contributed by atoms with Crippen molar-refractivity contribution in [1.82, 2.24) is 0 Å². The van der Waals surface area contributed by atoms with Crippen LogP contribution < -0.4 is 0 Å². The predicted octanol–water partition coefficient (Wildman–Crippen LogP) is 2.60. The number of rotatable bonds is 1. The molecule has 12 heavy (non-hydrogen) atoms. The van der Waals surface area contributed by atoms with Gasteiger partial charge in [-0.25, -0.2) is 0 Å². The van der Waals surface area contributed by atoms with Crippen LogP contribution in [0.25, 0.3) is 0 Å². The Morgan fingerprint density at radius 1 is 1.42 bits per heavy atom. The van der Waals surface area contributed by atoms with Gasteiger partial charge in [-0.1, -0.05) is 11.6 Å². The lowest BCUT2D eigenvalue weighted by molar-refractivity contribution is 0.551. The molecule has 0 heterocycles. The van der Waals surface area contributed by atoms with Crippen LogP contribution in [0, 0.1) is 3.57 Å². The molecule has 1 rings (SSSR count). The zero-order valence-corrected chi connectivity index (χ0v) is 9.32. The monoisotopic (exact) mass is 320 g/mol. The second-order valence-corrected chi connectivity index (χ2v) is 4.93. The Kier molecular flexibility index (Phi) is 2.95. The lowest BCUT2D eigenvalue weighted by Crippen LogP contribution is -1.94. The third kappa shape index (κ3) is 2.30. The normalized spacial score (nSPS) is 11.6. The third-order valence-corrected chi connectivity index (χ3v) is 3.56. The summed E-state index contributed by atoms with van der Waals surface area (Å²) in [7, 11) is -4.65. The van der Waals surface area contributed by atoms with Gasteiger partial charge in [0.2, 0.25) is 0 Å². The Bertz CT molecular complexity index is 404. The van der Waals surface area contributed by atoms with Gasteiger partial charge in [-0.2, -0.15) is 8.42 Å². The average molecular weight is 321 g/mol. The minimum atomic E-state index is -4.65. The van der Waals surface area contributed by atoms with E-state index in [9.17, 15) is 12.3 Å². The first-order chi connectivity index (χ1) is 5.41. The molecule has 0 bridgehead atoms. The summed E-state index contributed by atoms with van der Waals surface area (Å²) in [6.07, 6.45) is 0. The highest BCUT2D eigenvalue weighted by molar-refractivity contribution is 14.1. The Balaban J connectivity index is 3.43. The van der Waals surface area contributed by atoms with Crippen molar-refractivity contribution >= 4 is 44.4 Å². The molecular weight excluding hydrogens is 317 g/mol. The molecule has 0 spiro atoms. The van der Waals surface area contributed by atoms with Gasteiger partial charge in [-0.15, -0.1) is 3.89 Å². The maximum Gasteiger partial charge on any atom is 0.333 e. The summed E-state index contributed by atoms with van der Waals surface area (Å²) in [6, 6.07) is 4.02. The first kappa shape index (κ1) is 10.2. The van der Waals surface area contributed by atoms with Crippen LogP contribution in [0.3, 0.4) is 0 Å². The number of hydrogen-bond acceptors (Lipinski definition) is 2. The van der Waals surface area contributed by atoms with Gasteiger partial charge in [-0.05, 0) is 40.8 Å². The van der Waals surface area contributed by atoms with Gasteiger partial charge in [0.05, 0.1) is 0 Å². The van der Waals surface area contributed by atoms with Crippen molar-refractivity contribution in [2.75, 3.05) is 0 Å². The second-order valence-electron chi connectivity index (χ2n) is 2.01. The standard InChI is InChI=1S/C6H3ClFIO2S/c7-4-1-2-5(9)6(3-4)12(8,10)11/h1-3H. The van der Waals surface area contributed by atoms with Gasteiger partial charge in [0, 0.05) is 8.59 Å². The fraction of sp³-hybridized carbons (Fsp3) is 0. The van der Waals surface area contributed by atoms with Crippen molar-refractivity contribution in [3.05, 3.63) is 26.8 Å². The molecule has 1 aromatic rings. The molecule has 0 amide bonds. The molecule has 0 saturated carbocycles. The minimum Gasteiger partial charge on any atom is -0.189 e. The van der Waals surface area contributed by atoms with E-state index in [-0.39, 0.29) is 9.92 Å². The van der Waals surface area contributed by atoms with Crippen LogP contribution in [-0.2, 0) is 10.2 Å². The smallest absolute Gasteiger partial charge is 0.189 e. The molecule has 0 fully saturated rings. The molecule has 0 aromatic heterocycles. The van der Waals surface area contributed by atoms with Crippen molar-refractivity contribution < 1.29 is 12.3 Å². The SMILES string of the molecule is O=S(=O)(F)c1cc(Cl)ccc1I. The zero-order valence-electron chi connectivity index (χ0n) is 5.59. The van der Waals surface area contributed by atoms with E-state index in [0.29, 0.717) is 3.57 Å². The van der Waals surface area contributed by atoms with E-state index < -0.39 is 10.2 Å². The van der Waals surface area contributed by atoms with Crippen molar-refractivity contribution in [2.45, 2.75) is 4.90 Å². The highest BCUT2D eigenvalue weighted by Crippen LogP contribution is 2.23. The first-order valence-electron chi connectivity index (χ1n) is 2.81. The fourth-order valence-electron chi connectivity index (χ4n) is 0.664. The molecular formula is C6H3ClFIO2S. The molecule has 0 aliphatic carbocycles. The second kappa shape index (κ2) is 3.47. The van der Waals surface area contributed by atoms with Crippen LogP contribution in [-0.4, -0.2) is 8.42 Å². The molecule has 0 unspecified atom stereocenters. The fourth-order valence-corrected chi connectivity index (χ4v) is 2.59. The van der Waals surface area contributed by atoms with Crippen molar-refractivity contribution in [1.29, 1.82) is 0 Å². The molecule has 0 atom stereocenters. The van der Waals surface area contributed by atoms with Crippen molar-refractivity contribution in [3.63, 3.8) is 0 Å². The molecule has 2 nitrogen and oxygen atoms in total. The number of halogens is 3. The van der Waals surface area contributed by atoms with Crippen molar-refractivity contribution in [3.8, 4) is 0 Å². The number of hydrogen-bond donors (Lipinski definition) is 0. The Morgan fingerprint density at radius 3 is 2.42 bits per heavy atom. The van der Waals surface area contributed by atoms with E-state index in [1.165, 1.54) is 12.1 Å². The van der Waals surface area contributed by atoms with E-state index in [2.05, 4.69) is 0 Å². The summed E-state index contributed by atoms with van der Waals surface area (Å²) in [4.78, 5) is -0.379.